The van der Waals surface area contributed by atoms with E-state index in [1.54, 1.807) is 6.92 Å². The van der Waals surface area contributed by atoms with Crippen LogP contribution in [0.5, 0.6) is 0 Å². The molecule has 126 valence electrons. The van der Waals surface area contributed by atoms with Gasteiger partial charge in [-0.25, -0.2) is 4.79 Å². The molecule has 1 N–H and O–H groups in total. The molecule has 0 aliphatic heterocycles. The minimum absolute atomic E-state index is 0.0290. The maximum absolute atomic E-state index is 12.7. The van der Waals surface area contributed by atoms with Crippen molar-refractivity contribution in [3.63, 3.8) is 0 Å². The van der Waals surface area contributed by atoms with Crippen molar-refractivity contribution < 1.29 is 19.1 Å². The van der Waals surface area contributed by atoms with Crippen molar-refractivity contribution in [1.82, 2.24) is 0 Å². The number of rotatable bonds is 6. The van der Waals surface area contributed by atoms with Crippen LogP contribution in [0.4, 0.5) is 5.00 Å². The number of Topliss-reactive ketones (excluding diaryl/α,β-unsaturated/α-hetero) is 1. The number of hydrogen-bond acceptors (Lipinski definition) is 5. The molecule has 1 atom stereocenters. The third kappa shape index (κ3) is 3.80. The molecular formula is C17H23NO4S. The summed E-state index contributed by atoms with van der Waals surface area (Å²) in [6.45, 7) is 5.49. The first-order chi connectivity index (χ1) is 11.0. The van der Waals surface area contributed by atoms with Gasteiger partial charge in [-0.1, -0.05) is 19.8 Å². The van der Waals surface area contributed by atoms with E-state index in [9.17, 15) is 14.4 Å². The zero-order valence-electron chi connectivity index (χ0n) is 13.9. The van der Waals surface area contributed by atoms with E-state index in [0.717, 1.165) is 31.2 Å². The lowest BCUT2D eigenvalue weighted by Crippen LogP contribution is -2.22. The summed E-state index contributed by atoms with van der Waals surface area (Å²) in [5.74, 6) is -0.592. The summed E-state index contributed by atoms with van der Waals surface area (Å²) in [5.41, 5.74) is 1.11. The summed E-state index contributed by atoms with van der Waals surface area (Å²) < 4.78 is 5.11. The largest absolute Gasteiger partial charge is 0.462 e. The van der Waals surface area contributed by atoms with Crippen LogP contribution in [-0.4, -0.2) is 24.3 Å². The molecule has 0 saturated carbocycles. The molecule has 0 bridgehead atoms. The van der Waals surface area contributed by atoms with Crippen molar-refractivity contribution in [1.29, 1.82) is 0 Å². The third-order valence-electron chi connectivity index (χ3n) is 4.02. The SMILES string of the molecule is CCCCC1CCc2c(sc(NC(C)=O)c2C(=O)OCC)C1=O. The monoisotopic (exact) mass is 337 g/mol. The van der Waals surface area contributed by atoms with Crippen LogP contribution in [0.2, 0.25) is 0 Å². The standard InChI is InChI=1S/C17H23NO4S/c1-4-6-7-11-8-9-12-13(17(21)22-5-2)16(18-10(3)19)23-15(12)14(11)20/h11H,4-9H2,1-3H3,(H,18,19). The molecule has 1 aromatic rings. The normalized spacial score (nSPS) is 16.8. The molecule has 5 nitrogen and oxygen atoms in total. The fraction of sp³-hybridized carbons (Fsp3) is 0.588. The minimum atomic E-state index is -0.464. The van der Waals surface area contributed by atoms with Crippen molar-refractivity contribution in [2.45, 2.75) is 52.9 Å². The molecule has 1 aromatic heterocycles. The maximum Gasteiger partial charge on any atom is 0.341 e. The lowest BCUT2D eigenvalue weighted by Gasteiger charge is -2.21. The predicted molar refractivity (Wildman–Crippen MR) is 90.2 cm³/mol. The average Bonchev–Trinajstić information content (AvgIpc) is 2.85. The highest BCUT2D eigenvalue weighted by Crippen LogP contribution is 2.41. The van der Waals surface area contributed by atoms with Crippen LogP contribution in [0.25, 0.3) is 0 Å². The number of carbonyl (C=O) groups is 3. The van der Waals surface area contributed by atoms with Crippen LogP contribution in [0, 0.1) is 5.92 Å². The maximum atomic E-state index is 12.7. The van der Waals surface area contributed by atoms with E-state index in [4.69, 9.17) is 4.74 Å². The Hall–Kier alpha value is -1.69. The third-order valence-corrected chi connectivity index (χ3v) is 5.18. The number of thiophene rings is 1. The molecule has 1 aliphatic carbocycles. The number of hydrogen-bond donors (Lipinski definition) is 1. The Morgan fingerprint density at radius 2 is 2.09 bits per heavy atom. The number of fused-ring (bicyclic) bond motifs is 1. The molecule has 0 aromatic carbocycles. The van der Waals surface area contributed by atoms with Gasteiger partial charge in [-0.2, -0.15) is 0 Å². The number of carbonyl (C=O) groups excluding carboxylic acids is 3. The van der Waals surface area contributed by atoms with Crippen molar-refractivity contribution in [3.05, 3.63) is 16.0 Å². The molecule has 2 rings (SSSR count). The van der Waals surface area contributed by atoms with E-state index < -0.39 is 5.97 Å². The van der Waals surface area contributed by atoms with Crippen LogP contribution in [0.15, 0.2) is 0 Å². The lowest BCUT2D eigenvalue weighted by atomic mass is 9.83. The highest BCUT2D eigenvalue weighted by atomic mass is 32.1. The van der Waals surface area contributed by atoms with E-state index in [1.807, 2.05) is 0 Å². The van der Waals surface area contributed by atoms with Crippen LogP contribution in [0.1, 0.15) is 72.0 Å². The number of anilines is 1. The van der Waals surface area contributed by atoms with Crippen molar-refractivity contribution >= 4 is 34.0 Å². The molecule has 6 heteroatoms. The highest BCUT2D eigenvalue weighted by Gasteiger charge is 2.35. The number of esters is 1. The fourth-order valence-corrected chi connectivity index (χ4v) is 4.23. The Kier molecular flexibility index (Phi) is 5.93. The molecule has 1 unspecified atom stereocenters. The van der Waals surface area contributed by atoms with Gasteiger partial charge in [0.1, 0.15) is 5.00 Å². The first-order valence-corrected chi connectivity index (χ1v) is 8.95. The number of ether oxygens (including phenoxy) is 1. The number of nitrogens with one attached hydrogen (secondary N) is 1. The van der Waals surface area contributed by atoms with E-state index in [2.05, 4.69) is 12.2 Å². The predicted octanol–water partition coefficient (Wildman–Crippen LogP) is 3.82. The van der Waals surface area contributed by atoms with Crippen LogP contribution in [-0.2, 0) is 16.0 Å². The van der Waals surface area contributed by atoms with E-state index >= 15 is 0 Å². The lowest BCUT2D eigenvalue weighted by molar-refractivity contribution is -0.114. The van der Waals surface area contributed by atoms with Gasteiger partial charge in [-0.15, -0.1) is 11.3 Å². The van der Waals surface area contributed by atoms with Gasteiger partial charge >= 0.3 is 5.97 Å². The number of amides is 1. The molecule has 1 amide bonds. The topological polar surface area (TPSA) is 72.5 Å². The molecule has 1 aliphatic rings. The first-order valence-electron chi connectivity index (χ1n) is 8.14. The van der Waals surface area contributed by atoms with Gasteiger partial charge < -0.3 is 10.1 Å². The van der Waals surface area contributed by atoms with E-state index in [-0.39, 0.29) is 24.2 Å². The van der Waals surface area contributed by atoms with Crippen molar-refractivity contribution in [2.24, 2.45) is 5.92 Å². The second kappa shape index (κ2) is 7.73. The van der Waals surface area contributed by atoms with E-state index in [1.165, 1.54) is 18.3 Å². The molecule has 1 heterocycles. The molecule has 0 radical (unpaired) electrons. The zero-order valence-corrected chi connectivity index (χ0v) is 14.7. The summed E-state index contributed by atoms with van der Waals surface area (Å²) in [6, 6.07) is 0. The Balaban J connectivity index is 2.38. The molecular weight excluding hydrogens is 314 g/mol. The first kappa shape index (κ1) is 17.7. The summed E-state index contributed by atoms with van der Waals surface area (Å²) in [4.78, 5) is 37.0. The van der Waals surface area contributed by atoms with Gasteiger partial charge in [0.25, 0.3) is 0 Å². The molecule has 0 saturated heterocycles. The van der Waals surface area contributed by atoms with Gasteiger partial charge in [0.2, 0.25) is 5.91 Å². The molecule has 0 fully saturated rings. The van der Waals surface area contributed by atoms with Gasteiger partial charge in [-0.05, 0) is 31.7 Å². The fourth-order valence-electron chi connectivity index (χ4n) is 2.93. The molecule has 23 heavy (non-hydrogen) atoms. The Bertz CT molecular complexity index is 620. The number of unbranched alkanes of at least 4 members (excludes halogenated alkanes) is 1. The van der Waals surface area contributed by atoms with Crippen molar-refractivity contribution in [3.8, 4) is 0 Å². The molecule has 0 spiro atoms. The van der Waals surface area contributed by atoms with Crippen LogP contribution < -0.4 is 5.32 Å². The second-order valence-corrected chi connectivity index (χ2v) is 6.78. The average molecular weight is 337 g/mol. The van der Waals surface area contributed by atoms with Crippen LogP contribution in [0.3, 0.4) is 0 Å². The summed E-state index contributed by atoms with van der Waals surface area (Å²) in [5, 5.41) is 3.11. The van der Waals surface area contributed by atoms with Crippen molar-refractivity contribution in [2.75, 3.05) is 11.9 Å². The Labute approximate surface area is 140 Å². The zero-order chi connectivity index (χ0) is 17.0. The highest BCUT2D eigenvalue weighted by molar-refractivity contribution is 7.18. The van der Waals surface area contributed by atoms with E-state index in [0.29, 0.717) is 21.9 Å². The van der Waals surface area contributed by atoms with Gasteiger partial charge in [0.15, 0.2) is 5.78 Å². The van der Waals surface area contributed by atoms with Gasteiger partial charge in [0.05, 0.1) is 17.0 Å². The quantitative estimate of drug-likeness (QED) is 0.801. The van der Waals surface area contributed by atoms with Gasteiger partial charge in [0, 0.05) is 12.8 Å². The van der Waals surface area contributed by atoms with Gasteiger partial charge in [-0.3, -0.25) is 9.59 Å². The smallest absolute Gasteiger partial charge is 0.341 e. The minimum Gasteiger partial charge on any atom is -0.462 e. The summed E-state index contributed by atoms with van der Waals surface area (Å²) in [6.07, 6.45) is 4.41. The Morgan fingerprint density at radius 3 is 2.70 bits per heavy atom. The number of ketones is 1. The second-order valence-electron chi connectivity index (χ2n) is 5.76. The summed E-state index contributed by atoms with van der Waals surface area (Å²) >= 11 is 1.21. The van der Waals surface area contributed by atoms with Crippen LogP contribution >= 0.6 is 11.3 Å². The summed E-state index contributed by atoms with van der Waals surface area (Å²) in [7, 11) is 0. The Morgan fingerprint density at radius 1 is 1.35 bits per heavy atom.